The molecule has 0 aliphatic carbocycles. The van der Waals surface area contributed by atoms with Gasteiger partial charge in [-0.3, -0.25) is 4.79 Å². The van der Waals surface area contributed by atoms with Crippen LogP contribution >= 0.6 is 0 Å². The van der Waals surface area contributed by atoms with E-state index < -0.39 is 6.03 Å². The molecule has 0 aromatic heterocycles. The van der Waals surface area contributed by atoms with Crippen LogP contribution in [0.1, 0.15) is 21.5 Å². The van der Waals surface area contributed by atoms with Crippen molar-refractivity contribution in [1.29, 1.82) is 0 Å². The van der Waals surface area contributed by atoms with E-state index in [1.165, 1.54) is 5.56 Å². The highest BCUT2D eigenvalue weighted by Crippen LogP contribution is 2.18. The van der Waals surface area contributed by atoms with Crippen LogP contribution in [0.25, 0.3) is 0 Å². The SMILES string of the molecule is Cc1cccc(COc2cccc(C(=O)Nc3ccc(NC(N)=O)cc3)c2)c1. The molecule has 0 fully saturated rings. The Kier molecular flexibility index (Phi) is 5.91. The average molecular weight is 375 g/mol. The fourth-order valence-electron chi connectivity index (χ4n) is 2.68. The van der Waals surface area contributed by atoms with Gasteiger partial charge >= 0.3 is 6.03 Å². The second-order valence-corrected chi connectivity index (χ2v) is 6.33. The van der Waals surface area contributed by atoms with Crippen molar-refractivity contribution < 1.29 is 14.3 Å². The number of benzene rings is 3. The number of urea groups is 1. The molecule has 6 heteroatoms. The first-order valence-electron chi connectivity index (χ1n) is 8.76. The van der Waals surface area contributed by atoms with Gasteiger partial charge in [0.2, 0.25) is 0 Å². The Labute approximate surface area is 163 Å². The lowest BCUT2D eigenvalue weighted by Gasteiger charge is -2.10. The van der Waals surface area contributed by atoms with E-state index in [0.29, 0.717) is 29.3 Å². The first-order valence-corrected chi connectivity index (χ1v) is 8.76. The van der Waals surface area contributed by atoms with Gasteiger partial charge in [0.05, 0.1) is 0 Å². The number of nitrogens with two attached hydrogens (primary N) is 1. The third kappa shape index (κ3) is 5.35. The molecule has 0 heterocycles. The number of hydrogen-bond acceptors (Lipinski definition) is 3. The van der Waals surface area contributed by atoms with Crippen molar-refractivity contribution in [3.63, 3.8) is 0 Å². The summed E-state index contributed by atoms with van der Waals surface area (Å²) in [7, 11) is 0. The van der Waals surface area contributed by atoms with E-state index in [-0.39, 0.29) is 5.91 Å². The van der Waals surface area contributed by atoms with E-state index in [4.69, 9.17) is 10.5 Å². The van der Waals surface area contributed by atoms with Crippen LogP contribution < -0.4 is 21.1 Å². The van der Waals surface area contributed by atoms with Crippen molar-refractivity contribution in [1.82, 2.24) is 0 Å². The van der Waals surface area contributed by atoms with Crippen molar-refractivity contribution in [2.45, 2.75) is 13.5 Å². The number of hydrogen-bond donors (Lipinski definition) is 3. The summed E-state index contributed by atoms with van der Waals surface area (Å²) in [6, 6.07) is 21.1. The van der Waals surface area contributed by atoms with Gasteiger partial charge in [-0.05, 0) is 55.0 Å². The van der Waals surface area contributed by atoms with Crippen molar-refractivity contribution in [3.05, 3.63) is 89.5 Å². The zero-order chi connectivity index (χ0) is 19.9. The largest absolute Gasteiger partial charge is 0.489 e. The number of carbonyl (C=O) groups excluding carboxylic acids is 2. The zero-order valence-corrected chi connectivity index (χ0v) is 15.4. The smallest absolute Gasteiger partial charge is 0.316 e. The molecule has 0 unspecified atom stereocenters. The zero-order valence-electron chi connectivity index (χ0n) is 15.4. The highest BCUT2D eigenvalue weighted by atomic mass is 16.5. The van der Waals surface area contributed by atoms with Gasteiger partial charge < -0.3 is 21.1 Å². The molecule has 3 rings (SSSR count). The normalized spacial score (nSPS) is 10.2. The third-order valence-corrected chi connectivity index (χ3v) is 3.99. The molecule has 0 aliphatic rings. The van der Waals surface area contributed by atoms with Gasteiger partial charge in [0.1, 0.15) is 12.4 Å². The minimum absolute atomic E-state index is 0.253. The third-order valence-electron chi connectivity index (χ3n) is 3.99. The monoisotopic (exact) mass is 375 g/mol. The number of ether oxygens (including phenoxy) is 1. The fourth-order valence-corrected chi connectivity index (χ4v) is 2.68. The van der Waals surface area contributed by atoms with Crippen LogP contribution in [0.3, 0.4) is 0 Å². The maximum absolute atomic E-state index is 12.5. The molecule has 142 valence electrons. The van der Waals surface area contributed by atoms with Gasteiger partial charge in [-0.1, -0.05) is 35.9 Å². The van der Waals surface area contributed by atoms with Crippen LogP contribution in [0.15, 0.2) is 72.8 Å². The number of rotatable bonds is 6. The van der Waals surface area contributed by atoms with E-state index in [0.717, 1.165) is 5.56 Å². The summed E-state index contributed by atoms with van der Waals surface area (Å²) >= 11 is 0. The van der Waals surface area contributed by atoms with Gasteiger partial charge in [-0.15, -0.1) is 0 Å². The minimum Gasteiger partial charge on any atom is -0.489 e. The molecule has 0 aliphatic heterocycles. The van der Waals surface area contributed by atoms with Gasteiger partial charge in [0.15, 0.2) is 0 Å². The van der Waals surface area contributed by atoms with Gasteiger partial charge in [0.25, 0.3) is 5.91 Å². The van der Waals surface area contributed by atoms with Gasteiger partial charge in [-0.25, -0.2) is 4.79 Å². The summed E-state index contributed by atoms with van der Waals surface area (Å²) in [5, 5.41) is 5.27. The van der Waals surface area contributed by atoms with E-state index in [1.807, 2.05) is 31.2 Å². The molecule has 0 atom stereocenters. The lowest BCUT2D eigenvalue weighted by Crippen LogP contribution is -2.19. The molecular formula is C22H21N3O3. The molecule has 0 spiro atoms. The Morgan fingerprint density at radius 2 is 1.57 bits per heavy atom. The summed E-state index contributed by atoms with van der Waals surface area (Å²) in [4.78, 5) is 23.3. The first kappa shape index (κ1) is 19.0. The van der Waals surface area contributed by atoms with Crippen LogP contribution in [0.2, 0.25) is 0 Å². The van der Waals surface area contributed by atoms with E-state index in [1.54, 1.807) is 42.5 Å². The second kappa shape index (κ2) is 8.73. The molecule has 3 amide bonds. The predicted octanol–water partition coefficient (Wildman–Crippen LogP) is 4.32. The molecule has 28 heavy (non-hydrogen) atoms. The molecular weight excluding hydrogens is 354 g/mol. The molecule has 0 radical (unpaired) electrons. The van der Waals surface area contributed by atoms with Crippen molar-refractivity contribution >= 4 is 23.3 Å². The maximum Gasteiger partial charge on any atom is 0.316 e. The van der Waals surface area contributed by atoms with E-state index in [2.05, 4.69) is 16.7 Å². The molecule has 0 bridgehead atoms. The number of aryl methyl sites for hydroxylation is 1. The summed E-state index contributed by atoms with van der Waals surface area (Å²) in [6.07, 6.45) is 0. The minimum atomic E-state index is -0.640. The van der Waals surface area contributed by atoms with Crippen molar-refractivity contribution in [2.75, 3.05) is 10.6 Å². The standard InChI is InChI=1S/C22H21N3O3/c1-15-4-2-5-16(12-15)14-28-20-7-3-6-17(13-20)21(26)24-18-8-10-19(11-9-18)25-22(23)27/h2-13H,14H2,1H3,(H,24,26)(H3,23,25,27). The summed E-state index contributed by atoms with van der Waals surface area (Å²) < 4.78 is 5.81. The summed E-state index contributed by atoms with van der Waals surface area (Å²) in [6.45, 7) is 2.46. The van der Waals surface area contributed by atoms with E-state index in [9.17, 15) is 9.59 Å². The Morgan fingerprint density at radius 1 is 0.893 bits per heavy atom. The Balaban J connectivity index is 1.62. The Hall–Kier alpha value is -3.80. The number of anilines is 2. The lowest BCUT2D eigenvalue weighted by atomic mass is 10.1. The van der Waals surface area contributed by atoms with Crippen LogP contribution in [-0.2, 0) is 6.61 Å². The molecule has 0 saturated heterocycles. The molecule has 4 N–H and O–H groups in total. The van der Waals surface area contributed by atoms with Gasteiger partial charge in [-0.2, -0.15) is 0 Å². The van der Waals surface area contributed by atoms with Crippen molar-refractivity contribution in [2.24, 2.45) is 5.73 Å². The van der Waals surface area contributed by atoms with E-state index >= 15 is 0 Å². The number of primary amides is 1. The molecule has 0 saturated carbocycles. The number of carbonyl (C=O) groups is 2. The lowest BCUT2D eigenvalue weighted by molar-refractivity contribution is 0.102. The molecule has 3 aromatic carbocycles. The first-order chi connectivity index (χ1) is 13.5. The Bertz CT molecular complexity index is 984. The quantitative estimate of drug-likeness (QED) is 0.599. The molecule has 6 nitrogen and oxygen atoms in total. The highest BCUT2D eigenvalue weighted by molar-refractivity contribution is 6.04. The van der Waals surface area contributed by atoms with Crippen LogP contribution in [0.5, 0.6) is 5.75 Å². The summed E-state index contributed by atoms with van der Waals surface area (Å²) in [5.74, 6) is 0.367. The van der Waals surface area contributed by atoms with Crippen LogP contribution in [0.4, 0.5) is 16.2 Å². The summed E-state index contributed by atoms with van der Waals surface area (Å²) in [5.41, 5.74) is 8.96. The van der Waals surface area contributed by atoms with Crippen molar-refractivity contribution in [3.8, 4) is 5.75 Å². The highest BCUT2D eigenvalue weighted by Gasteiger charge is 2.08. The topological polar surface area (TPSA) is 93.4 Å². The van der Waals surface area contributed by atoms with Gasteiger partial charge in [0, 0.05) is 16.9 Å². The number of nitrogens with one attached hydrogen (secondary N) is 2. The predicted molar refractivity (Wildman–Crippen MR) is 110 cm³/mol. The second-order valence-electron chi connectivity index (χ2n) is 6.33. The molecule has 3 aromatic rings. The Morgan fingerprint density at radius 3 is 2.25 bits per heavy atom. The van der Waals surface area contributed by atoms with Crippen LogP contribution in [0, 0.1) is 6.92 Å². The fraction of sp³-hybridized carbons (Fsp3) is 0.0909. The average Bonchev–Trinajstić information content (AvgIpc) is 2.68. The van der Waals surface area contributed by atoms with Crippen LogP contribution in [-0.4, -0.2) is 11.9 Å². The maximum atomic E-state index is 12.5. The number of amides is 3.